The summed E-state index contributed by atoms with van der Waals surface area (Å²) < 4.78 is 12.4. The van der Waals surface area contributed by atoms with Gasteiger partial charge in [0, 0.05) is 0 Å². The van der Waals surface area contributed by atoms with Crippen molar-refractivity contribution in [1.82, 2.24) is 10.4 Å². The summed E-state index contributed by atoms with van der Waals surface area (Å²) >= 11 is 6.75. The first kappa shape index (κ1) is 27.5. The first-order valence-corrected chi connectivity index (χ1v) is 16.1. The number of benzene rings is 3. The molecule has 4 saturated carbocycles. The molecule has 0 radical (unpaired) electrons. The van der Waals surface area contributed by atoms with Crippen molar-refractivity contribution in [3.63, 3.8) is 0 Å². The highest BCUT2D eigenvalue weighted by Gasteiger charge is 2.55. The molecule has 8 heteroatoms. The summed E-state index contributed by atoms with van der Waals surface area (Å²) in [6.07, 6.45) is 8.38. The second-order valence-electron chi connectivity index (χ2n) is 12.3. The van der Waals surface area contributed by atoms with Crippen LogP contribution in [-0.2, 0) is 16.2 Å². The second kappa shape index (κ2) is 11.0. The van der Waals surface area contributed by atoms with E-state index in [1.54, 1.807) is 6.08 Å². The Labute approximate surface area is 255 Å². The molecular weight excluding hydrogens is 565 g/mol. The van der Waals surface area contributed by atoms with Gasteiger partial charge in [-0.2, -0.15) is 5.01 Å². The molecule has 1 heterocycles. The van der Waals surface area contributed by atoms with E-state index in [0.717, 1.165) is 30.4 Å². The van der Waals surface area contributed by atoms with E-state index in [0.29, 0.717) is 51.7 Å². The molecule has 1 aliphatic heterocycles. The summed E-state index contributed by atoms with van der Waals surface area (Å²) in [5.74, 6) is 2.85. The average molecular weight is 599 g/mol. The van der Waals surface area contributed by atoms with Crippen molar-refractivity contribution in [1.29, 1.82) is 0 Å². The van der Waals surface area contributed by atoms with Crippen molar-refractivity contribution in [3.05, 3.63) is 76.7 Å². The van der Waals surface area contributed by atoms with E-state index >= 15 is 0 Å². The SMILES string of the molecule is CCOc1cc(/C=C2/SC(=S)N(NC(=O)C34CC5CC(CC(C5)C3)C4)C2=O)ccc1OCc1ccc2ccccc2c1. The summed E-state index contributed by atoms with van der Waals surface area (Å²) in [5.41, 5.74) is 4.45. The Balaban J connectivity index is 1.05. The number of hydrogen-bond acceptors (Lipinski definition) is 6. The molecule has 0 spiro atoms. The molecule has 0 unspecified atom stereocenters. The quantitative estimate of drug-likeness (QED) is 0.217. The topological polar surface area (TPSA) is 67.9 Å². The van der Waals surface area contributed by atoms with Crippen molar-refractivity contribution in [3.8, 4) is 11.5 Å². The number of amides is 2. The van der Waals surface area contributed by atoms with Crippen LogP contribution in [0.1, 0.15) is 56.6 Å². The van der Waals surface area contributed by atoms with Crippen LogP contribution in [-0.4, -0.2) is 27.8 Å². The van der Waals surface area contributed by atoms with Crippen molar-refractivity contribution < 1.29 is 19.1 Å². The first-order valence-electron chi connectivity index (χ1n) is 14.9. The smallest absolute Gasteiger partial charge is 0.285 e. The molecular formula is C34H34N2O4S2. The normalized spacial score (nSPS) is 27.2. The first-order chi connectivity index (χ1) is 20.4. The van der Waals surface area contributed by atoms with Crippen molar-refractivity contribution in [2.24, 2.45) is 23.2 Å². The zero-order valence-electron chi connectivity index (χ0n) is 23.6. The van der Waals surface area contributed by atoms with Crippen LogP contribution in [0.5, 0.6) is 11.5 Å². The lowest BCUT2D eigenvalue weighted by Crippen LogP contribution is -2.57. The highest BCUT2D eigenvalue weighted by molar-refractivity contribution is 8.26. The number of thiocarbonyl (C=S) groups is 1. The third-order valence-corrected chi connectivity index (χ3v) is 10.6. The Morgan fingerprint density at radius 1 is 0.976 bits per heavy atom. The van der Waals surface area contributed by atoms with Gasteiger partial charge in [-0.3, -0.25) is 15.0 Å². The molecule has 4 aliphatic carbocycles. The average Bonchev–Trinajstić information content (AvgIpc) is 3.23. The fourth-order valence-corrected chi connectivity index (χ4v) is 9.00. The standard InChI is InChI=1S/C34H34N2O4S2/c1-2-39-29-15-21(8-10-28(29)40-20-22-7-9-26-5-3-4-6-27(26)14-22)16-30-31(37)36(33(41)42-30)35-32(38)34-17-23-11-24(18-34)13-25(12-23)19-34/h3-10,14-16,23-25H,2,11-13,17-20H2,1H3,(H,35,38)/b30-16+. The molecule has 42 heavy (non-hydrogen) atoms. The number of ether oxygens (including phenoxy) is 2. The third-order valence-electron chi connectivity index (χ3n) is 9.30. The summed E-state index contributed by atoms with van der Waals surface area (Å²) in [6.45, 7) is 2.82. The minimum Gasteiger partial charge on any atom is -0.490 e. The van der Waals surface area contributed by atoms with Gasteiger partial charge in [0.15, 0.2) is 15.8 Å². The Bertz CT molecular complexity index is 1580. The van der Waals surface area contributed by atoms with Gasteiger partial charge in [0.2, 0.25) is 5.91 Å². The molecule has 8 rings (SSSR count). The Kier molecular flexibility index (Phi) is 7.22. The number of nitrogens with zero attached hydrogens (tertiary/aromatic N) is 1. The maximum absolute atomic E-state index is 13.6. The summed E-state index contributed by atoms with van der Waals surface area (Å²) in [5, 5.41) is 3.64. The summed E-state index contributed by atoms with van der Waals surface area (Å²) in [6, 6.07) is 20.2. The number of thioether (sulfide) groups is 1. The molecule has 5 fully saturated rings. The largest absolute Gasteiger partial charge is 0.490 e. The number of carbonyl (C=O) groups excluding carboxylic acids is 2. The van der Waals surface area contributed by atoms with E-state index in [-0.39, 0.29) is 17.2 Å². The van der Waals surface area contributed by atoms with Crippen LogP contribution in [0.15, 0.2) is 65.6 Å². The van der Waals surface area contributed by atoms with Crippen molar-refractivity contribution >= 4 is 57.0 Å². The van der Waals surface area contributed by atoms with Crippen LogP contribution in [0, 0.1) is 23.2 Å². The fourth-order valence-electron chi connectivity index (χ4n) is 7.82. The van der Waals surface area contributed by atoms with Gasteiger partial charge in [-0.15, -0.1) is 0 Å². The van der Waals surface area contributed by atoms with E-state index in [1.165, 1.54) is 46.8 Å². The Morgan fingerprint density at radius 3 is 2.40 bits per heavy atom. The van der Waals surface area contributed by atoms with E-state index in [9.17, 15) is 9.59 Å². The highest BCUT2D eigenvalue weighted by atomic mass is 32.2. The predicted molar refractivity (Wildman–Crippen MR) is 170 cm³/mol. The number of fused-ring (bicyclic) bond motifs is 1. The number of hydrazine groups is 1. The molecule has 0 aromatic heterocycles. The molecule has 216 valence electrons. The fraction of sp³-hybridized carbons (Fsp3) is 0.382. The molecule has 5 aliphatic rings. The molecule has 1 saturated heterocycles. The van der Waals surface area contributed by atoms with Gasteiger partial charge in [-0.05, 0) is 122 Å². The molecule has 4 bridgehead atoms. The lowest BCUT2D eigenvalue weighted by Gasteiger charge is -2.55. The Morgan fingerprint density at radius 2 is 1.69 bits per heavy atom. The summed E-state index contributed by atoms with van der Waals surface area (Å²) in [7, 11) is 0. The molecule has 2 amide bonds. The van der Waals surface area contributed by atoms with Crippen LogP contribution in [0.4, 0.5) is 0 Å². The van der Waals surface area contributed by atoms with Gasteiger partial charge >= 0.3 is 0 Å². The van der Waals surface area contributed by atoms with Crippen LogP contribution in [0.25, 0.3) is 16.8 Å². The number of hydrogen-bond donors (Lipinski definition) is 1. The minimum absolute atomic E-state index is 0.0364. The van der Waals surface area contributed by atoms with Gasteiger partial charge in [-0.1, -0.05) is 54.2 Å². The van der Waals surface area contributed by atoms with E-state index in [2.05, 4.69) is 35.8 Å². The molecule has 6 nitrogen and oxygen atoms in total. The van der Waals surface area contributed by atoms with Gasteiger partial charge in [0.1, 0.15) is 6.61 Å². The minimum atomic E-state index is -0.350. The van der Waals surface area contributed by atoms with Gasteiger partial charge in [0.25, 0.3) is 5.91 Å². The summed E-state index contributed by atoms with van der Waals surface area (Å²) in [4.78, 5) is 27.4. The van der Waals surface area contributed by atoms with E-state index in [4.69, 9.17) is 21.7 Å². The van der Waals surface area contributed by atoms with Crippen LogP contribution in [0.2, 0.25) is 0 Å². The molecule has 3 aromatic carbocycles. The molecule has 1 N–H and O–H groups in total. The maximum Gasteiger partial charge on any atom is 0.285 e. The van der Waals surface area contributed by atoms with E-state index < -0.39 is 0 Å². The van der Waals surface area contributed by atoms with Crippen LogP contribution < -0.4 is 14.9 Å². The van der Waals surface area contributed by atoms with Gasteiger partial charge < -0.3 is 9.47 Å². The maximum atomic E-state index is 13.6. The number of rotatable bonds is 8. The van der Waals surface area contributed by atoms with E-state index in [1.807, 2.05) is 37.3 Å². The molecule has 0 atom stereocenters. The molecule has 3 aromatic rings. The highest BCUT2D eigenvalue weighted by Crippen LogP contribution is 2.60. The monoisotopic (exact) mass is 598 g/mol. The second-order valence-corrected chi connectivity index (χ2v) is 13.9. The predicted octanol–water partition coefficient (Wildman–Crippen LogP) is 7.27. The number of nitrogens with one attached hydrogen (secondary N) is 1. The Hall–Kier alpha value is -3.36. The van der Waals surface area contributed by atoms with Crippen LogP contribution >= 0.6 is 24.0 Å². The number of carbonyl (C=O) groups is 2. The van der Waals surface area contributed by atoms with Crippen molar-refractivity contribution in [2.45, 2.75) is 52.1 Å². The third kappa shape index (κ3) is 5.20. The van der Waals surface area contributed by atoms with Gasteiger partial charge in [0.05, 0.1) is 16.9 Å². The lowest BCUT2D eigenvalue weighted by atomic mass is 9.49. The van der Waals surface area contributed by atoms with Crippen molar-refractivity contribution in [2.75, 3.05) is 6.61 Å². The lowest BCUT2D eigenvalue weighted by molar-refractivity contribution is -0.152. The zero-order chi connectivity index (χ0) is 28.8. The van der Waals surface area contributed by atoms with Crippen LogP contribution in [0.3, 0.4) is 0 Å². The zero-order valence-corrected chi connectivity index (χ0v) is 25.3. The van der Waals surface area contributed by atoms with Gasteiger partial charge in [-0.25, -0.2) is 0 Å².